The molecule has 0 radical (unpaired) electrons. The number of rotatable bonds is 4. The first-order chi connectivity index (χ1) is 4.43. The van der Waals surface area contributed by atoms with E-state index in [2.05, 4.69) is 6.92 Å². The summed E-state index contributed by atoms with van der Waals surface area (Å²) >= 11 is 0. The lowest BCUT2D eigenvalue weighted by Gasteiger charge is -2.23. The highest BCUT2D eigenvalue weighted by atomic mass is 17.2. The molecule has 0 aromatic heterocycles. The van der Waals surface area contributed by atoms with E-state index in [0.717, 1.165) is 13.0 Å². The molecule has 0 N–H and O–H groups in total. The maximum absolute atomic E-state index is 5.02. The van der Waals surface area contributed by atoms with E-state index in [1.807, 2.05) is 0 Å². The van der Waals surface area contributed by atoms with E-state index in [0.29, 0.717) is 6.10 Å². The monoisotopic (exact) mass is 130 g/mol. The first-order valence-corrected chi connectivity index (χ1v) is 3.71. The molecule has 0 saturated heterocycles. The maximum Gasteiger partial charge on any atom is 0.0930 e. The summed E-state index contributed by atoms with van der Waals surface area (Å²) in [6, 6.07) is 0. The summed E-state index contributed by atoms with van der Waals surface area (Å²) in [6.45, 7) is 2.81. The Hall–Kier alpha value is -0.0800. The lowest BCUT2D eigenvalue weighted by atomic mass is 9.97. The number of hydrogen-bond acceptors (Lipinski definition) is 2. The summed E-state index contributed by atoms with van der Waals surface area (Å²) < 4.78 is 0. The Morgan fingerprint density at radius 3 is 2.67 bits per heavy atom. The van der Waals surface area contributed by atoms with Crippen molar-refractivity contribution in [1.82, 2.24) is 0 Å². The molecule has 1 aliphatic rings. The van der Waals surface area contributed by atoms with Gasteiger partial charge in [-0.15, -0.1) is 0 Å². The standard InChI is InChI=1S/C7H14O2/c1-2-6-8-9-7-4-3-5-7/h7H,2-6H2,1H3. The second-order valence-corrected chi connectivity index (χ2v) is 2.47. The first kappa shape index (κ1) is 7.03. The van der Waals surface area contributed by atoms with Crippen molar-refractivity contribution >= 4 is 0 Å². The molecule has 0 heterocycles. The van der Waals surface area contributed by atoms with Crippen LogP contribution in [0.15, 0.2) is 0 Å². The maximum atomic E-state index is 5.02. The third-order valence-corrected chi connectivity index (χ3v) is 1.54. The molecular formula is C7H14O2. The minimum absolute atomic E-state index is 0.413. The predicted molar refractivity (Wildman–Crippen MR) is 35.0 cm³/mol. The zero-order chi connectivity index (χ0) is 6.53. The van der Waals surface area contributed by atoms with Crippen LogP contribution in [0.1, 0.15) is 32.6 Å². The van der Waals surface area contributed by atoms with Crippen LogP contribution in [-0.4, -0.2) is 12.7 Å². The van der Waals surface area contributed by atoms with Crippen molar-refractivity contribution in [2.24, 2.45) is 0 Å². The average Bonchev–Trinajstić information content (AvgIpc) is 1.76. The minimum atomic E-state index is 0.413. The molecule has 0 unspecified atom stereocenters. The van der Waals surface area contributed by atoms with Gasteiger partial charge in [-0.05, 0) is 25.7 Å². The normalized spacial score (nSPS) is 19.7. The van der Waals surface area contributed by atoms with Crippen LogP contribution in [0.2, 0.25) is 0 Å². The fraction of sp³-hybridized carbons (Fsp3) is 1.00. The zero-order valence-electron chi connectivity index (χ0n) is 5.93. The Morgan fingerprint density at radius 1 is 1.44 bits per heavy atom. The average molecular weight is 130 g/mol. The smallest absolute Gasteiger partial charge is 0.0930 e. The molecule has 0 bridgehead atoms. The minimum Gasteiger partial charge on any atom is -0.236 e. The van der Waals surface area contributed by atoms with Crippen molar-refractivity contribution in [1.29, 1.82) is 0 Å². The van der Waals surface area contributed by atoms with Crippen LogP contribution in [0.3, 0.4) is 0 Å². The van der Waals surface area contributed by atoms with E-state index in [4.69, 9.17) is 9.78 Å². The van der Waals surface area contributed by atoms with Gasteiger partial charge in [-0.2, -0.15) is 0 Å². The summed E-state index contributed by atoms with van der Waals surface area (Å²) in [4.78, 5) is 9.91. The topological polar surface area (TPSA) is 18.5 Å². The van der Waals surface area contributed by atoms with Crippen molar-refractivity contribution in [3.63, 3.8) is 0 Å². The van der Waals surface area contributed by atoms with Crippen molar-refractivity contribution in [3.05, 3.63) is 0 Å². The van der Waals surface area contributed by atoms with Crippen LogP contribution in [0.5, 0.6) is 0 Å². The fourth-order valence-electron chi connectivity index (χ4n) is 0.695. The molecule has 0 aliphatic heterocycles. The van der Waals surface area contributed by atoms with Gasteiger partial charge in [0.2, 0.25) is 0 Å². The summed E-state index contributed by atoms with van der Waals surface area (Å²) in [5.41, 5.74) is 0. The van der Waals surface area contributed by atoms with Crippen molar-refractivity contribution in [3.8, 4) is 0 Å². The van der Waals surface area contributed by atoms with Gasteiger partial charge in [-0.1, -0.05) is 6.92 Å². The molecule has 2 heteroatoms. The van der Waals surface area contributed by atoms with Gasteiger partial charge < -0.3 is 0 Å². The third-order valence-electron chi connectivity index (χ3n) is 1.54. The summed E-state index contributed by atoms with van der Waals surface area (Å²) in [5.74, 6) is 0. The molecule has 0 amide bonds. The second-order valence-electron chi connectivity index (χ2n) is 2.47. The molecule has 0 spiro atoms. The second kappa shape index (κ2) is 3.85. The Bertz CT molecular complexity index is 69.3. The molecule has 9 heavy (non-hydrogen) atoms. The molecule has 2 nitrogen and oxygen atoms in total. The van der Waals surface area contributed by atoms with Crippen molar-refractivity contribution in [2.45, 2.75) is 38.7 Å². The van der Waals surface area contributed by atoms with Crippen LogP contribution < -0.4 is 0 Å². The van der Waals surface area contributed by atoms with Gasteiger partial charge in [0, 0.05) is 0 Å². The Balaban J connectivity index is 1.80. The van der Waals surface area contributed by atoms with Crippen molar-refractivity contribution in [2.75, 3.05) is 6.61 Å². The molecule has 1 saturated carbocycles. The largest absolute Gasteiger partial charge is 0.236 e. The van der Waals surface area contributed by atoms with Gasteiger partial charge in [0.15, 0.2) is 0 Å². The quantitative estimate of drug-likeness (QED) is 0.329. The van der Waals surface area contributed by atoms with Gasteiger partial charge in [0.05, 0.1) is 12.7 Å². The molecule has 1 fully saturated rings. The van der Waals surface area contributed by atoms with Gasteiger partial charge >= 0.3 is 0 Å². The highest BCUT2D eigenvalue weighted by molar-refractivity contribution is 4.66. The van der Waals surface area contributed by atoms with E-state index in [-0.39, 0.29) is 0 Å². The van der Waals surface area contributed by atoms with E-state index >= 15 is 0 Å². The fourth-order valence-corrected chi connectivity index (χ4v) is 0.695. The molecule has 54 valence electrons. The Kier molecular flexibility index (Phi) is 3.01. The van der Waals surface area contributed by atoms with Crippen molar-refractivity contribution < 1.29 is 9.78 Å². The molecule has 1 rings (SSSR count). The lowest BCUT2D eigenvalue weighted by Crippen LogP contribution is -2.21. The Morgan fingerprint density at radius 2 is 2.22 bits per heavy atom. The third kappa shape index (κ3) is 2.33. The van der Waals surface area contributed by atoms with Gasteiger partial charge in [0.1, 0.15) is 0 Å². The van der Waals surface area contributed by atoms with Crippen LogP contribution in [0, 0.1) is 0 Å². The Labute approximate surface area is 56.1 Å². The zero-order valence-corrected chi connectivity index (χ0v) is 5.93. The molecule has 0 aromatic rings. The van der Waals surface area contributed by atoms with E-state index in [1.165, 1.54) is 19.3 Å². The van der Waals surface area contributed by atoms with E-state index in [9.17, 15) is 0 Å². The van der Waals surface area contributed by atoms with Crippen LogP contribution in [0.4, 0.5) is 0 Å². The summed E-state index contributed by atoms with van der Waals surface area (Å²) in [5, 5.41) is 0. The molecular weight excluding hydrogens is 116 g/mol. The molecule has 0 atom stereocenters. The van der Waals surface area contributed by atoms with Crippen LogP contribution in [0.25, 0.3) is 0 Å². The highest BCUT2D eigenvalue weighted by Crippen LogP contribution is 2.21. The number of hydrogen-bond donors (Lipinski definition) is 0. The van der Waals surface area contributed by atoms with E-state index in [1.54, 1.807) is 0 Å². The molecule has 1 aliphatic carbocycles. The first-order valence-electron chi connectivity index (χ1n) is 3.71. The van der Waals surface area contributed by atoms with Gasteiger partial charge in [-0.25, -0.2) is 9.78 Å². The molecule has 0 aromatic carbocycles. The van der Waals surface area contributed by atoms with Crippen LogP contribution >= 0.6 is 0 Å². The summed E-state index contributed by atoms with van der Waals surface area (Å²) in [7, 11) is 0. The van der Waals surface area contributed by atoms with Gasteiger partial charge in [-0.3, -0.25) is 0 Å². The SMILES string of the molecule is CCCOOC1CCC1. The van der Waals surface area contributed by atoms with Gasteiger partial charge in [0.25, 0.3) is 0 Å². The van der Waals surface area contributed by atoms with E-state index < -0.39 is 0 Å². The lowest BCUT2D eigenvalue weighted by molar-refractivity contribution is -0.336. The predicted octanol–water partition coefficient (Wildman–Crippen LogP) is 1.90. The summed E-state index contributed by atoms with van der Waals surface area (Å²) in [6.07, 6.45) is 5.12. The highest BCUT2D eigenvalue weighted by Gasteiger charge is 2.18. The van der Waals surface area contributed by atoms with Crippen LogP contribution in [-0.2, 0) is 9.78 Å².